The van der Waals surface area contributed by atoms with Crippen LogP contribution in [0.15, 0.2) is 41.9 Å². The lowest BCUT2D eigenvalue weighted by Crippen LogP contribution is -2.36. The van der Waals surface area contributed by atoms with E-state index in [4.69, 9.17) is 0 Å². The Morgan fingerprint density at radius 3 is 2.96 bits per heavy atom. The molecule has 1 aliphatic heterocycles. The van der Waals surface area contributed by atoms with Gasteiger partial charge < -0.3 is 10.4 Å². The number of nitrogens with one attached hydrogen (secondary N) is 1. The lowest BCUT2D eigenvalue weighted by atomic mass is 9.73. The molecule has 0 spiro atoms. The lowest BCUT2D eigenvalue weighted by molar-refractivity contribution is -0.118. The van der Waals surface area contributed by atoms with Gasteiger partial charge in [-0.15, -0.1) is 0 Å². The first-order valence-electron chi connectivity index (χ1n) is 7.66. The lowest BCUT2D eigenvalue weighted by Gasteiger charge is -2.38. The predicted molar refractivity (Wildman–Crippen MR) is 84.9 cm³/mol. The van der Waals surface area contributed by atoms with E-state index in [0.717, 1.165) is 23.3 Å². The predicted octanol–water partition coefficient (Wildman–Crippen LogP) is 2.64. The van der Waals surface area contributed by atoms with Crippen molar-refractivity contribution in [3.63, 3.8) is 0 Å². The zero-order valence-corrected chi connectivity index (χ0v) is 13.1. The Morgan fingerprint density at radius 1 is 1.35 bits per heavy atom. The van der Waals surface area contributed by atoms with Crippen molar-refractivity contribution in [2.45, 2.75) is 32.7 Å². The Balaban J connectivity index is 1.91. The molecule has 1 aliphatic carbocycles. The second-order valence-electron chi connectivity index (χ2n) is 6.98. The monoisotopic (exact) mass is 310 g/mol. The maximum atomic E-state index is 12.8. The number of phenols is 1. The van der Waals surface area contributed by atoms with Crippen LogP contribution in [0, 0.1) is 5.41 Å². The number of benzene rings is 1. The summed E-state index contributed by atoms with van der Waals surface area (Å²) in [5.41, 5.74) is 2.40. The van der Waals surface area contributed by atoms with Gasteiger partial charge in [-0.25, -0.2) is 4.68 Å². The van der Waals surface area contributed by atoms with Gasteiger partial charge in [0.2, 0.25) is 5.95 Å². The van der Waals surface area contributed by atoms with E-state index < -0.39 is 0 Å². The molecule has 1 atom stereocenters. The maximum Gasteiger partial charge on any atom is 0.226 e. The first kappa shape index (κ1) is 14.0. The van der Waals surface area contributed by atoms with Gasteiger partial charge in [-0.2, -0.15) is 10.1 Å². The first-order valence-corrected chi connectivity index (χ1v) is 7.66. The minimum Gasteiger partial charge on any atom is -0.508 e. The number of phenolic OH excluding ortho intramolecular Hbond substituents is 1. The highest BCUT2D eigenvalue weighted by Gasteiger charge is 2.41. The fraction of sp³-hybridized carbons (Fsp3) is 0.353. The maximum absolute atomic E-state index is 12.8. The minimum absolute atomic E-state index is 0.0749. The first-order chi connectivity index (χ1) is 10.9. The number of hydrogen-bond acceptors (Lipinski definition) is 5. The normalized spacial score (nSPS) is 22.3. The molecule has 118 valence electrons. The number of carbonyl (C=O) groups is 1. The van der Waals surface area contributed by atoms with Gasteiger partial charge in [0.15, 0.2) is 5.78 Å². The molecule has 23 heavy (non-hydrogen) atoms. The molecule has 0 bridgehead atoms. The molecule has 1 aromatic heterocycles. The molecule has 2 aliphatic rings. The van der Waals surface area contributed by atoms with E-state index in [1.165, 1.54) is 6.33 Å². The Kier molecular flexibility index (Phi) is 2.85. The molecule has 0 saturated carbocycles. The van der Waals surface area contributed by atoms with Gasteiger partial charge in [0.25, 0.3) is 0 Å². The van der Waals surface area contributed by atoms with Gasteiger partial charge in [0, 0.05) is 17.7 Å². The van der Waals surface area contributed by atoms with Crippen molar-refractivity contribution in [3.8, 4) is 5.75 Å². The summed E-state index contributed by atoms with van der Waals surface area (Å²) in [4.78, 5) is 17.1. The summed E-state index contributed by atoms with van der Waals surface area (Å²) in [6.45, 7) is 4.19. The quantitative estimate of drug-likeness (QED) is 0.846. The van der Waals surface area contributed by atoms with Crippen LogP contribution < -0.4 is 5.32 Å². The molecule has 2 heterocycles. The van der Waals surface area contributed by atoms with Crippen LogP contribution in [0.2, 0.25) is 0 Å². The average Bonchev–Trinajstić information content (AvgIpc) is 2.91. The average molecular weight is 310 g/mol. The number of hydrogen-bond donors (Lipinski definition) is 2. The van der Waals surface area contributed by atoms with Crippen molar-refractivity contribution in [2.24, 2.45) is 5.41 Å². The third-order valence-electron chi connectivity index (χ3n) is 4.46. The summed E-state index contributed by atoms with van der Waals surface area (Å²) in [6.07, 6.45) is 2.77. The van der Waals surface area contributed by atoms with Crippen LogP contribution in [0.4, 0.5) is 5.95 Å². The SMILES string of the molecule is CC1(C)CC(=O)C2=C(C1)Nc1ncnn1[C@@H]2c1cccc(O)c1. The van der Waals surface area contributed by atoms with E-state index in [2.05, 4.69) is 29.2 Å². The number of anilines is 1. The smallest absolute Gasteiger partial charge is 0.226 e. The Morgan fingerprint density at radius 2 is 2.17 bits per heavy atom. The Bertz CT molecular complexity index is 835. The highest BCUT2D eigenvalue weighted by Crippen LogP contribution is 2.45. The highest BCUT2D eigenvalue weighted by atomic mass is 16.3. The number of ketones is 1. The van der Waals surface area contributed by atoms with Crippen LogP contribution in [-0.4, -0.2) is 25.7 Å². The van der Waals surface area contributed by atoms with Crippen LogP contribution in [0.25, 0.3) is 0 Å². The number of fused-ring (bicyclic) bond motifs is 1. The number of carbonyl (C=O) groups excluding carboxylic acids is 1. The third kappa shape index (κ3) is 2.21. The number of nitrogens with zero attached hydrogens (tertiary/aromatic N) is 3. The highest BCUT2D eigenvalue weighted by molar-refractivity contribution is 6.00. The van der Waals surface area contributed by atoms with Crippen molar-refractivity contribution in [3.05, 3.63) is 47.4 Å². The molecule has 6 nitrogen and oxygen atoms in total. The molecule has 0 unspecified atom stereocenters. The van der Waals surface area contributed by atoms with Crippen molar-refractivity contribution < 1.29 is 9.90 Å². The summed E-state index contributed by atoms with van der Waals surface area (Å²) < 4.78 is 1.71. The minimum atomic E-state index is -0.348. The number of rotatable bonds is 1. The van der Waals surface area contributed by atoms with E-state index in [0.29, 0.717) is 12.4 Å². The van der Waals surface area contributed by atoms with Gasteiger partial charge >= 0.3 is 0 Å². The molecule has 6 heteroatoms. The third-order valence-corrected chi connectivity index (χ3v) is 4.46. The molecule has 0 fully saturated rings. The topological polar surface area (TPSA) is 80.0 Å². The molecule has 0 radical (unpaired) electrons. The molecule has 0 saturated heterocycles. The largest absolute Gasteiger partial charge is 0.508 e. The number of aromatic hydroxyl groups is 1. The van der Waals surface area contributed by atoms with Crippen LogP contribution in [-0.2, 0) is 4.79 Å². The van der Waals surface area contributed by atoms with Crippen molar-refractivity contribution in [1.29, 1.82) is 0 Å². The van der Waals surface area contributed by atoms with Crippen molar-refractivity contribution in [2.75, 3.05) is 5.32 Å². The van der Waals surface area contributed by atoms with E-state index >= 15 is 0 Å². The van der Waals surface area contributed by atoms with Gasteiger partial charge in [0.1, 0.15) is 18.1 Å². The van der Waals surface area contributed by atoms with Crippen LogP contribution in [0.5, 0.6) is 5.75 Å². The Labute approximate surface area is 133 Å². The summed E-state index contributed by atoms with van der Waals surface area (Å²) in [6, 6.07) is 6.63. The van der Waals surface area contributed by atoms with Gasteiger partial charge in [0.05, 0.1) is 0 Å². The second kappa shape index (κ2) is 4.68. The summed E-state index contributed by atoms with van der Waals surface area (Å²) in [7, 11) is 0. The van der Waals surface area contributed by atoms with E-state index in [9.17, 15) is 9.90 Å². The van der Waals surface area contributed by atoms with Crippen molar-refractivity contribution in [1.82, 2.24) is 14.8 Å². The van der Waals surface area contributed by atoms with Crippen LogP contribution in [0.1, 0.15) is 38.3 Å². The number of aromatic nitrogens is 3. The zero-order valence-electron chi connectivity index (χ0n) is 13.1. The van der Waals surface area contributed by atoms with Gasteiger partial charge in [-0.1, -0.05) is 26.0 Å². The molecular formula is C17H18N4O2. The number of Topliss-reactive ketones (excluding diaryl/α,β-unsaturated/α-hetero) is 1. The van der Waals surface area contributed by atoms with Gasteiger partial charge in [-0.3, -0.25) is 4.79 Å². The molecule has 1 aromatic carbocycles. The van der Waals surface area contributed by atoms with E-state index in [1.807, 2.05) is 6.07 Å². The van der Waals surface area contributed by atoms with Crippen LogP contribution >= 0.6 is 0 Å². The summed E-state index contributed by atoms with van der Waals surface area (Å²) >= 11 is 0. The standard InChI is InChI=1S/C17H18N4O2/c1-17(2)7-12-14(13(23)8-17)15(10-4-3-5-11(22)6-10)21-16(20-12)18-9-19-21/h3-6,9,15,22H,7-8H2,1-2H3,(H,18,19,20)/t15-/m1/s1. The molecule has 2 N–H and O–H groups in total. The van der Waals surface area contributed by atoms with Gasteiger partial charge in [-0.05, 0) is 29.5 Å². The molecular weight excluding hydrogens is 292 g/mol. The molecule has 4 rings (SSSR count). The summed E-state index contributed by atoms with van der Waals surface area (Å²) in [5, 5.41) is 17.4. The fourth-order valence-electron chi connectivity index (χ4n) is 3.55. The Hall–Kier alpha value is -2.63. The van der Waals surface area contributed by atoms with Crippen LogP contribution in [0.3, 0.4) is 0 Å². The van der Waals surface area contributed by atoms with E-state index in [-0.39, 0.29) is 23.0 Å². The van der Waals surface area contributed by atoms with E-state index in [1.54, 1.807) is 22.9 Å². The number of allylic oxidation sites excluding steroid dienone is 2. The molecule has 2 aromatic rings. The summed E-state index contributed by atoms with van der Waals surface area (Å²) in [5.74, 6) is 0.925. The fourth-order valence-corrected chi connectivity index (χ4v) is 3.55. The zero-order chi connectivity index (χ0) is 16.2. The second-order valence-corrected chi connectivity index (χ2v) is 6.98. The molecule has 0 amide bonds. The van der Waals surface area contributed by atoms with Crippen molar-refractivity contribution >= 4 is 11.7 Å².